The molecule has 1 rings (SSSR count). The van der Waals surface area contributed by atoms with E-state index in [-0.39, 0.29) is 0 Å². The number of hydrogen-bond donors (Lipinski definition) is 1. The molecule has 0 saturated carbocycles. The van der Waals surface area contributed by atoms with Crippen LogP contribution < -0.4 is 0 Å². The summed E-state index contributed by atoms with van der Waals surface area (Å²) >= 11 is 0. The van der Waals surface area contributed by atoms with Gasteiger partial charge in [-0.1, -0.05) is 37.2 Å². The van der Waals surface area contributed by atoms with Gasteiger partial charge in [-0.15, -0.1) is 0 Å². The highest BCUT2D eigenvalue weighted by molar-refractivity contribution is 5.79. The first-order valence-electron chi connectivity index (χ1n) is 4.01. The average molecular weight is 163 g/mol. The zero-order valence-electron chi connectivity index (χ0n) is 7.36. The van der Waals surface area contributed by atoms with Crippen molar-refractivity contribution in [1.82, 2.24) is 0 Å². The molecule has 0 aliphatic heterocycles. The molecule has 0 amide bonds. The van der Waals surface area contributed by atoms with E-state index in [1.165, 1.54) is 11.8 Å². The Morgan fingerprint density at radius 1 is 1.42 bits per heavy atom. The lowest BCUT2D eigenvalue weighted by Gasteiger charge is -2.04. The molecule has 1 aromatic carbocycles. The van der Waals surface area contributed by atoms with Gasteiger partial charge >= 0.3 is 0 Å². The van der Waals surface area contributed by atoms with Gasteiger partial charge in [-0.25, -0.2) is 0 Å². The Balaban J connectivity index is 2.95. The summed E-state index contributed by atoms with van der Waals surface area (Å²) in [6.45, 7) is 4.27. The van der Waals surface area contributed by atoms with Gasteiger partial charge in [-0.05, 0) is 23.1 Å². The van der Waals surface area contributed by atoms with Crippen LogP contribution >= 0.6 is 0 Å². The summed E-state index contributed by atoms with van der Waals surface area (Å²) in [5, 5.41) is 11.3. The van der Waals surface area contributed by atoms with Crippen molar-refractivity contribution >= 4 is 6.21 Å². The molecular formula is C10H13NO. The Morgan fingerprint density at radius 3 is 2.75 bits per heavy atom. The second kappa shape index (κ2) is 3.90. The van der Waals surface area contributed by atoms with E-state index in [1.54, 1.807) is 0 Å². The van der Waals surface area contributed by atoms with Crippen LogP contribution in [0, 0.1) is 0 Å². The van der Waals surface area contributed by atoms with Crippen molar-refractivity contribution in [3.63, 3.8) is 0 Å². The molecule has 12 heavy (non-hydrogen) atoms. The van der Waals surface area contributed by atoms with Crippen LogP contribution in [0.2, 0.25) is 0 Å². The highest BCUT2D eigenvalue weighted by atomic mass is 16.4. The van der Waals surface area contributed by atoms with Crippen LogP contribution in [0.3, 0.4) is 0 Å². The zero-order chi connectivity index (χ0) is 8.97. The van der Waals surface area contributed by atoms with E-state index >= 15 is 0 Å². The lowest BCUT2D eigenvalue weighted by atomic mass is 10.0. The molecule has 0 heterocycles. The normalized spacial score (nSPS) is 11.2. The van der Waals surface area contributed by atoms with Gasteiger partial charge in [-0.2, -0.15) is 0 Å². The van der Waals surface area contributed by atoms with E-state index in [2.05, 4.69) is 25.1 Å². The van der Waals surface area contributed by atoms with E-state index in [0.717, 1.165) is 5.56 Å². The van der Waals surface area contributed by atoms with Crippen LogP contribution in [-0.4, -0.2) is 11.4 Å². The van der Waals surface area contributed by atoms with Crippen molar-refractivity contribution in [2.24, 2.45) is 5.16 Å². The smallest absolute Gasteiger partial charge is 0.0733 e. The fourth-order valence-corrected chi connectivity index (χ4v) is 1.07. The van der Waals surface area contributed by atoms with Gasteiger partial charge in [0.05, 0.1) is 6.21 Å². The maximum absolute atomic E-state index is 8.32. The number of nitrogens with zero attached hydrogens (tertiary/aromatic N) is 1. The van der Waals surface area contributed by atoms with Crippen LogP contribution in [0.25, 0.3) is 0 Å². The molecule has 0 bridgehead atoms. The van der Waals surface area contributed by atoms with Crippen molar-refractivity contribution < 1.29 is 5.21 Å². The summed E-state index contributed by atoms with van der Waals surface area (Å²) in [7, 11) is 0. The molecule has 0 spiro atoms. The molecule has 2 nitrogen and oxygen atoms in total. The van der Waals surface area contributed by atoms with Gasteiger partial charge in [0.15, 0.2) is 0 Å². The van der Waals surface area contributed by atoms with Crippen LogP contribution in [0.5, 0.6) is 0 Å². The molecule has 0 fully saturated rings. The van der Waals surface area contributed by atoms with E-state index in [9.17, 15) is 0 Å². The molecule has 0 atom stereocenters. The monoisotopic (exact) mass is 163 g/mol. The quantitative estimate of drug-likeness (QED) is 0.405. The minimum Gasteiger partial charge on any atom is -0.411 e. The SMILES string of the molecule is CC(C)c1cccc(C=NO)c1. The molecule has 0 unspecified atom stereocenters. The van der Waals surface area contributed by atoms with Crippen LogP contribution in [0.1, 0.15) is 30.9 Å². The van der Waals surface area contributed by atoms with Crippen molar-refractivity contribution in [3.8, 4) is 0 Å². The molecule has 0 radical (unpaired) electrons. The second-order valence-corrected chi connectivity index (χ2v) is 3.07. The lowest BCUT2D eigenvalue weighted by molar-refractivity contribution is 0.322. The molecule has 0 saturated heterocycles. The topological polar surface area (TPSA) is 32.6 Å². The lowest BCUT2D eigenvalue weighted by Crippen LogP contribution is -1.89. The molecular weight excluding hydrogens is 150 g/mol. The third-order valence-electron chi connectivity index (χ3n) is 1.78. The predicted octanol–water partition coefficient (Wildman–Crippen LogP) is 2.62. The van der Waals surface area contributed by atoms with E-state index in [0.29, 0.717) is 5.92 Å². The first kappa shape index (κ1) is 8.78. The molecule has 0 aliphatic rings. The molecule has 2 heteroatoms. The standard InChI is InChI=1S/C10H13NO/c1-8(2)10-5-3-4-9(6-10)7-11-12/h3-8,12H,1-2H3. The summed E-state index contributed by atoms with van der Waals surface area (Å²) in [5.74, 6) is 0.511. The summed E-state index contributed by atoms with van der Waals surface area (Å²) in [5.41, 5.74) is 2.19. The van der Waals surface area contributed by atoms with Crippen molar-refractivity contribution in [3.05, 3.63) is 35.4 Å². The van der Waals surface area contributed by atoms with E-state index < -0.39 is 0 Å². The van der Waals surface area contributed by atoms with Gasteiger partial charge in [0.1, 0.15) is 0 Å². The summed E-state index contributed by atoms with van der Waals surface area (Å²) in [6, 6.07) is 7.96. The fourth-order valence-electron chi connectivity index (χ4n) is 1.07. The van der Waals surface area contributed by atoms with Crippen LogP contribution in [-0.2, 0) is 0 Å². The molecule has 1 aromatic rings. The van der Waals surface area contributed by atoms with Crippen molar-refractivity contribution in [1.29, 1.82) is 0 Å². The summed E-state index contributed by atoms with van der Waals surface area (Å²) < 4.78 is 0. The minimum absolute atomic E-state index is 0.511. The Morgan fingerprint density at radius 2 is 2.17 bits per heavy atom. The van der Waals surface area contributed by atoms with Gasteiger partial charge in [0.25, 0.3) is 0 Å². The first-order chi connectivity index (χ1) is 5.74. The predicted molar refractivity (Wildman–Crippen MR) is 49.9 cm³/mol. The van der Waals surface area contributed by atoms with Gasteiger partial charge in [-0.3, -0.25) is 0 Å². The third kappa shape index (κ3) is 2.09. The van der Waals surface area contributed by atoms with Gasteiger partial charge < -0.3 is 5.21 Å². The Labute approximate surface area is 72.5 Å². The van der Waals surface area contributed by atoms with Crippen molar-refractivity contribution in [2.45, 2.75) is 19.8 Å². The highest BCUT2D eigenvalue weighted by Crippen LogP contribution is 2.14. The number of hydrogen-bond acceptors (Lipinski definition) is 2. The maximum Gasteiger partial charge on any atom is 0.0733 e. The molecule has 0 aliphatic carbocycles. The first-order valence-corrected chi connectivity index (χ1v) is 4.01. The van der Waals surface area contributed by atoms with Gasteiger partial charge in [0.2, 0.25) is 0 Å². The Kier molecular flexibility index (Phi) is 2.86. The number of benzene rings is 1. The van der Waals surface area contributed by atoms with Crippen molar-refractivity contribution in [2.75, 3.05) is 0 Å². The molecule has 0 aromatic heterocycles. The average Bonchev–Trinajstić information content (AvgIpc) is 2.05. The maximum atomic E-state index is 8.32. The molecule has 64 valence electrons. The summed E-state index contributed by atoms with van der Waals surface area (Å²) in [6.07, 6.45) is 1.44. The minimum atomic E-state index is 0.511. The Bertz CT molecular complexity index is 279. The molecule has 1 N–H and O–H groups in total. The Hall–Kier alpha value is -1.31. The largest absolute Gasteiger partial charge is 0.411 e. The fraction of sp³-hybridized carbons (Fsp3) is 0.300. The number of oxime groups is 1. The van der Waals surface area contributed by atoms with Crippen LogP contribution in [0.4, 0.5) is 0 Å². The zero-order valence-corrected chi connectivity index (χ0v) is 7.36. The number of rotatable bonds is 2. The van der Waals surface area contributed by atoms with Crippen LogP contribution in [0.15, 0.2) is 29.4 Å². The van der Waals surface area contributed by atoms with E-state index in [4.69, 9.17) is 5.21 Å². The summed E-state index contributed by atoms with van der Waals surface area (Å²) in [4.78, 5) is 0. The second-order valence-electron chi connectivity index (χ2n) is 3.07. The van der Waals surface area contributed by atoms with E-state index in [1.807, 2.05) is 18.2 Å². The highest BCUT2D eigenvalue weighted by Gasteiger charge is 1.97. The van der Waals surface area contributed by atoms with Gasteiger partial charge in [0, 0.05) is 0 Å². The third-order valence-corrected chi connectivity index (χ3v) is 1.78.